The molecule has 10 rings (SSSR count). The van der Waals surface area contributed by atoms with Gasteiger partial charge in [-0.15, -0.1) is 0 Å². The standard InChI is InChI=1S/C46H31F2N3/c47-32-14-19-34(20-15-32)50-43-11-5-3-9-39(43)41-28-37(23-25-45(41)50)49(36-18-13-30-7-1-2-8-31(30)27-36)38-24-26-46-42(29-38)40-10-4-6-12-44(40)51(46)35-21-16-33(48)17-22-35/h1-5,7-11,13-29H,6,12H2. The quantitative estimate of drug-likeness (QED) is 0.179. The van der Waals surface area contributed by atoms with Crippen molar-refractivity contribution in [1.82, 2.24) is 9.13 Å². The fourth-order valence-corrected chi connectivity index (χ4v) is 7.97. The van der Waals surface area contributed by atoms with Crippen molar-refractivity contribution < 1.29 is 8.78 Å². The molecule has 0 aliphatic heterocycles. The Kier molecular flexibility index (Phi) is 6.68. The van der Waals surface area contributed by atoms with Gasteiger partial charge in [-0.3, -0.25) is 0 Å². The Morgan fingerprint density at radius 1 is 0.471 bits per heavy atom. The first-order valence-corrected chi connectivity index (χ1v) is 17.3. The monoisotopic (exact) mass is 663 g/mol. The largest absolute Gasteiger partial charge is 0.313 e. The molecular formula is C46H31F2N3. The zero-order chi connectivity index (χ0) is 34.1. The lowest BCUT2D eigenvalue weighted by molar-refractivity contribution is 0.627. The van der Waals surface area contributed by atoms with E-state index >= 15 is 0 Å². The molecule has 0 radical (unpaired) electrons. The molecule has 5 heteroatoms. The van der Waals surface area contributed by atoms with Gasteiger partial charge >= 0.3 is 0 Å². The van der Waals surface area contributed by atoms with Crippen molar-refractivity contribution in [1.29, 1.82) is 0 Å². The maximum Gasteiger partial charge on any atom is 0.123 e. The summed E-state index contributed by atoms with van der Waals surface area (Å²) in [5, 5.41) is 5.75. The Bertz CT molecular complexity index is 2820. The van der Waals surface area contributed by atoms with Gasteiger partial charge < -0.3 is 14.0 Å². The zero-order valence-electron chi connectivity index (χ0n) is 27.6. The van der Waals surface area contributed by atoms with E-state index in [2.05, 4.69) is 123 Å². The summed E-state index contributed by atoms with van der Waals surface area (Å²) in [6.45, 7) is 0. The van der Waals surface area contributed by atoms with Gasteiger partial charge in [-0.05, 0) is 127 Å². The number of fused-ring (bicyclic) bond motifs is 7. The Balaban J connectivity index is 1.21. The molecule has 0 saturated carbocycles. The molecule has 0 atom stereocenters. The molecule has 3 nitrogen and oxygen atoms in total. The average Bonchev–Trinajstić information content (AvgIpc) is 3.68. The summed E-state index contributed by atoms with van der Waals surface area (Å²) in [6.07, 6.45) is 6.36. The highest BCUT2D eigenvalue weighted by Gasteiger charge is 2.22. The number of aromatic nitrogens is 2. The van der Waals surface area contributed by atoms with Crippen LogP contribution < -0.4 is 4.90 Å². The lowest BCUT2D eigenvalue weighted by Gasteiger charge is -2.26. The summed E-state index contributed by atoms with van der Waals surface area (Å²) in [4.78, 5) is 2.34. The minimum absolute atomic E-state index is 0.241. The number of hydrogen-bond acceptors (Lipinski definition) is 1. The Labute approximate surface area is 293 Å². The maximum atomic E-state index is 14.0. The van der Waals surface area contributed by atoms with Crippen LogP contribution in [0.25, 0.3) is 60.9 Å². The first-order valence-electron chi connectivity index (χ1n) is 17.3. The van der Waals surface area contributed by atoms with Gasteiger partial charge in [0.1, 0.15) is 11.6 Å². The molecule has 0 bridgehead atoms. The number of nitrogens with zero attached hydrogens (tertiary/aromatic N) is 3. The van der Waals surface area contributed by atoms with Gasteiger partial charge in [0.15, 0.2) is 0 Å². The van der Waals surface area contributed by atoms with Gasteiger partial charge in [-0.1, -0.05) is 60.7 Å². The van der Waals surface area contributed by atoms with E-state index in [1.807, 2.05) is 30.3 Å². The molecule has 7 aromatic carbocycles. The van der Waals surface area contributed by atoms with E-state index in [-0.39, 0.29) is 11.6 Å². The summed E-state index contributed by atoms with van der Waals surface area (Å²) < 4.78 is 32.5. The number of halogens is 2. The van der Waals surface area contributed by atoms with Crippen molar-refractivity contribution in [3.8, 4) is 11.4 Å². The Hall–Kier alpha value is -6.46. The first-order chi connectivity index (χ1) is 25.1. The van der Waals surface area contributed by atoms with Crippen molar-refractivity contribution >= 4 is 66.6 Å². The summed E-state index contributed by atoms with van der Waals surface area (Å²) in [5.41, 5.74) is 10.7. The number of anilines is 3. The fourth-order valence-electron chi connectivity index (χ4n) is 7.97. The molecule has 2 aromatic heterocycles. The third kappa shape index (κ3) is 4.77. The molecule has 0 fully saturated rings. The third-order valence-corrected chi connectivity index (χ3v) is 10.3. The Morgan fingerprint density at radius 2 is 1.04 bits per heavy atom. The highest BCUT2D eigenvalue weighted by atomic mass is 19.1. The minimum Gasteiger partial charge on any atom is -0.313 e. The molecule has 0 unspecified atom stereocenters. The van der Waals surface area contributed by atoms with Crippen molar-refractivity contribution in [3.05, 3.63) is 181 Å². The van der Waals surface area contributed by atoms with Crippen molar-refractivity contribution in [3.63, 3.8) is 0 Å². The van der Waals surface area contributed by atoms with Crippen LogP contribution in [0.4, 0.5) is 25.8 Å². The maximum absolute atomic E-state index is 14.0. The van der Waals surface area contributed by atoms with Gasteiger partial charge in [-0.2, -0.15) is 0 Å². The first kappa shape index (κ1) is 29.5. The van der Waals surface area contributed by atoms with Gasteiger partial charge in [-0.25, -0.2) is 8.78 Å². The number of para-hydroxylation sites is 1. The number of hydrogen-bond donors (Lipinski definition) is 0. The average molecular weight is 664 g/mol. The van der Waals surface area contributed by atoms with Crippen molar-refractivity contribution in [2.24, 2.45) is 0 Å². The second kappa shape index (κ2) is 11.6. The Morgan fingerprint density at radius 3 is 1.78 bits per heavy atom. The second-order valence-electron chi connectivity index (χ2n) is 13.2. The molecule has 0 saturated heterocycles. The number of benzene rings is 7. The van der Waals surface area contributed by atoms with Crippen LogP contribution in [0.3, 0.4) is 0 Å². The van der Waals surface area contributed by atoms with E-state index in [1.165, 1.54) is 40.9 Å². The van der Waals surface area contributed by atoms with E-state index in [4.69, 9.17) is 0 Å². The predicted molar refractivity (Wildman–Crippen MR) is 207 cm³/mol. The van der Waals surface area contributed by atoms with Gasteiger partial charge in [0, 0.05) is 55.9 Å². The second-order valence-corrected chi connectivity index (χ2v) is 13.2. The zero-order valence-corrected chi connectivity index (χ0v) is 27.6. The predicted octanol–water partition coefficient (Wildman–Crippen LogP) is 12.6. The molecule has 9 aromatic rings. The molecule has 2 heterocycles. The molecule has 51 heavy (non-hydrogen) atoms. The summed E-state index contributed by atoms with van der Waals surface area (Å²) >= 11 is 0. The third-order valence-electron chi connectivity index (χ3n) is 10.3. The lowest BCUT2D eigenvalue weighted by Crippen LogP contribution is -2.10. The van der Waals surface area contributed by atoms with E-state index < -0.39 is 0 Å². The molecular weight excluding hydrogens is 633 g/mol. The number of rotatable bonds is 5. The van der Waals surface area contributed by atoms with E-state index in [9.17, 15) is 8.78 Å². The molecule has 0 amide bonds. The van der Waals surface area contributed by atoms with E-state index in [0.717, 1.165) is 79.4 Å². The van der Waals surface area contributed by atoms with E-state index in [1.54, 1.807) is 0 Å². The summed E-state index contributed by atoms with van der Waals surface area (Å²) in [7, 11) is 0. The molecule has 1 aliphatic rings. The van der Waals surface area contributed by atoms with Gasteiger partial charge in [0.05, 0.1) is 16.6 Å². The summed E-state index contributed by atoms with van der Waals surface area (Å²) in [5.74, 6) is -0.496. The molecule has 0 spiro atoms. The highest BCUT2D eigenvalue weighted by Crippen LogP contribution is 2.43. The van der Waals surface area contributed by atoms with Crippen LogP contribution in [0.1, 0.15) is 17.7 Å². The van der Waals surface area contributed by atoms with Crippen molar-refractivity contribution in [2.75, 3.05) is 4.90 Å². The minimum atomic E-state index is -0.255. The van der Waals surface area contributed by atoms with E-state index in [0.29, 0.717) is 0 Å². The number of allylic oxidation sites excluding steroid dienone is 1. The summed E-state index contributed by atoms with van der Waals surface area (Å²) in [6, 6.07) is 50.3. The topological polar surface area (TPSA) is 13.1 Å². The molecule has 0 N–H and O–H groups in total. The van der Waals surface area contributed by atoms with Crippen LogP contribution in [-0.2, 0) is 6.42 Å². The van der Waals surface area contributed by atoms with Crippen molar-refractivity contribution in [2.45, 2.75) is 12.8 Å². The van der Waals surface area contributed by atoms with Crippen LogP contribution in [0.2, 0.25) is 0 Å². The van der Waals surface area contributed by atoms with Gasteiger partial charge in [0.2, 0.25) is 0 Å². The fraction of sp³-hybridized carbons (Fsp3) is 0.0435. The van der Waals surface area contributed by atoms with Crippen LogP contribution in [-0.4, -0.2) is 9.13 Å². The normalized spacial score (nSPS) is 12.7. The SMILES string of the molecule is Fc1ccc(-n2c3c(c4cc(N(c5ccc6ccccc6c5)c5ccc6c(c5)c5ccccc5n6-c5ccc(F)cc5)ccc42)C=CCC3)cc1. The molecule has 1 aliphatic carbocycles. The van der Waals surface area contributed by atoms with Gasteiger partial charge in [0.25, 0.3) is 0 Å². The van der Waals surface area contributed by atoms with Crippen LogP contribution >= 0.6 is 0 Å². The smallest absolute Gasteiger partial charge is 0.123 e. The lowest BCUT2D eigenvalue weighted by atomic mass is 10.0. The highest BCUT2D eigenvalue weighted by molar-refractivity contribution is 6.11. The van der Waals surface area contributed by atoms with Crippen LogP contribution in [0, 0.1) is 11.6 Å². The van der Waals surface area contributed by atoms with Crippen LogP contribution in [0.5, 0.6) is 0 Å². The van der Waals surface area contributed by atoms with Crippen LogP contribution in [0.15, 0.2) is 158 Å². The molecule has 244 valence electrons.